The van der Waals surface area contributed by atoms with Crippen LogP contribution in [0, 0.1) is 0 Å². The number of piperidine rings is 1. The highest BCUT2D eigenvalue weighted by Gasteiger charge is 2.51. The average molecular weight is 259 g/mol. The van der Waals surface area contributed by atoms with Gasteiger partial charge in [0.2, 0.25) is 0 Å². The Morgan fingerprint density at radius 2 is 2.00 bits per heavy atom. The molecule has 2 fully saturated rings. The Balaban J connectivity index is 1.79. The summed E-state index contributed by atoms with van der Waals surface area (Å²) in [5, 5.41) is 6.05. The molecule has 19 heavy (non-hydrogen) atoms. The number of nitrogens with one attached hydrogen (secondary N) is 2. The van der Waals surface area contributed by atoms with Gasteiger partial charge in [-0.1, -0.05) is 30.3 Å². The zero-order valence-electron chi connectivity index (χ0n) is 10.7. The van der Waals surface area contributed by atoms with Gasteiger partial charge < -0.3 is 10.6 Å². The molecule has 0 aromatic heterocycles. The van der Waals surface area contributed by atoms with Crippen molar-refractivity contribution in [2.24, 2.45) is 0 Å². The summed E-state index contributed by atoms with van der Waals surface area (Å²) in [6.07, 6.45) is 1.63. The maximum absolute atomic E-state index is 12.5. The van der Waals surface area contributed by atoms with Crippen LogP contribution in [0.25, 0.3) is 0 Å². The first kappa shape index (κ1) is 12.2. The maximum atomic E-state index is 12.5. The minimum absolute atomic E-state index is 0.103. The number of benzene rings is 1. The summed E-state index contributed by atoms with van der Waals surface area (Å²) in [7, 11) is 0. The van der Waals surface area contributed by atoms with Crippen LogP contribution in [0.5, 0.6) is 0 Å². The van der Waals surface area contributed by atoms with E-state index in [0.29, 0.717) is 13.1 Å². The van der Waals surface area contributed by atoms with Crippen molar-refractivity contribution in [3.8, 4) is 0 Å². The predicted molar refractivity (Wildman–Crippen MR) is 70.4 cm³/mol. The molecule has 3 rings (SSSR count). The van der Waals surface area contributed by atoms with Gasteiger partial charge in [-0.2, -0.15) is 0 Å². The van der Waals surface area contributed by atoms with Crippen molar-refractivity contribution in [1.29, 1.82) is 0 Å². The molecule has 0 saturated carbocycles. The molecule has 0 aliphatic carbocycles. The van der Waals surface area contributed by atoms with Crippen LogP contribution in [0.15, 0.2) is 30.3 Å². The second-order valence-electron chi connectivity index (χ2n) is 5.17. The number of carbonyl (C=O) groups excluding carboxylic acids is 2. The van der Waals surface area contributed by atoms with Crippen molar-refractivity contribution in [3.63, 3.8) is 0 Å². The van der Waals surface area contributed by atoms with Crippen LogP contribution in [0.3, 0.4) is 0 Å². The third-order valence-corrected chi connectivity index (χ3v) is 3.81. The van der Waals surface area contributed by atoms with Gasteiger partial charge in [0.1, 0.15) is 5.54 Å². The van der Waals surface area contributed by atoms with E-state index in [1.807, 2.05) is 30.3 Å². The molecule has 0 unspecified atom stereocenters. The van der Waals surface area contributed by atoms with Gasteiger partial charge in [-0.05, 0) is 24.9 Å². The highest BCUT2D eigenvalue weighted by molar-refractivity contribution is 6.07. The fourth-order valence-corrected chi connectivity index (χ4v) is 2.78. The summed E-state index contributed by atoms with van der Waals surface area (Å²) >= 11 is 0. The van der Waals surface area contributed by atoms with Crippen LogP contribution in [-0.2, 0) is 11.3 Å². The van der Waals surface area contributed by atoms with E-state index in [2.05, 4.69) is 10.6 Å². The molecule has 1 aromatic carbocycles. The van der Waals surface area contributed by atoms with Gasteiger partial charge in [0.05, 0.1) is 6.54 Å². The Kier molecular flexibility index (Phi) is 2.98. The maximum Gasteiger partial charge on any atom is 0.325 e. The highest BCUT2D eigenvalue weighted by atomic mass is 16.2. The number of carbonyl (C=O) groups is 2. The molecular weight excluding hydrogens is 242 g/mol. The minimum atomic E-state index is -0.718. The van der Waals surface area contributed by atoms with Gasteiger partial charge in [-0.25, -0.2) is 4.79 Å². The minimum Gasteiger partial charge on any atom is -0.322 e. The van der Waals surface area contributed by atoms with Crippen LogP contribution in [-0.4, -0.2) is 35.5 Å². The van der Waals surface area contributed by atoms with Gasteiger partial charge >= 0.3 is 6.03 Å². The molecule has 2 heterocycles. The van der Waals surface area contributed by atoms with Gasteiger partial charge in [0, 0.05) is 6.54 Å². The largest absolute Gasteiger partial charge is 0.325 e. The molecule has 2 saturated heterocycles. The zero-order chi connectivity index (χ0) is 13.3. The van der Waals surface area contributed by atoms with E-state index in [1.165, 1.54) is 4.90 Å². The lowest BCUT2D eigenvalue weighted by molar-refractivity contribution is -0.132. The van der Waals surface area contributed by atoms with Crippen LogP contribution >= 0.6 is 0 Å². The highest BCUT2D eigenvalue weighted by Crippen LogP contribution is 2.26. The van der Waals surface area contributed by atoms with Crippen molar-refractivity contribution in [3.05, 3.63) is 35.9 Å². The summed E-state index contributed by atoms with van der Waals surface area (Å²) < 4.78 is 0. The van der Waals surface area contributed by atoms with E-state index in [-0.39, 0.29) is 11.9 Å². The lowest BCUT2D eigenvalue weighted by atomic mass is 9.90. The summed E-state index contributed by atoms with van der Waals surface area (Å²) in [5.74, 6) is -0.103. The second kappa shape index (κ2) is 4.66. The van der Waals surface area contributed by atoms with Crippen LogP contribution in [0.1, 0.15) is 18.4 Å². The molecule has 0 radical (unpaired) electrons. The Bertz CT molecular complexity index is 495. The first-order valence-electron chi connectivity index (χ1n) is 6.60. The molecule has 3 amide bonds. The number of urea groups is 1. The first-order valence-corrected chi connectivity index (χ1v) is 6.60. The molecule has 5 heteroatoms. The monoisotopic (exact) mass is 259 g/mol. The van der Waals surface area contributed by atoms with E-state index in [0.717, 1.165) is 24.9 Å². The molecule has 1 spiro atoms. The normalized spacial score (nSPS) is 26.8. The van der Waals surface area contributed by atoms with Crippen molar-refractivity contribution in [2.75, 3.05) is 13.1 Å². The van der Waals surface area contributed by atoms with E-state index in [4.69, 9.17) is 0 Å². The number of hydrogen-bond donors (Lipinski definition) is 2. The van der Waals surface area contributed by atoms with Gasteiger partial charge in [0.15, 0.2) is 0 Å². The molecule has 2 N–H and O–H groups in total. The standard InChI is InChI=1S/C14H17N3O2/c18-12-14(7-4-8-15-10-14)16-13(19)17(12)9-11-5-2-1-3-6-11/h1-3,5-6,15H,4,7-10H2,(H,16,19)/t14-/m1/s1. The Morgan fingerprint density at radius 3 is 2.68 bits per heavy atom. The van der Waals surface area contributed by atoms with Crippen LogP contribution in [0.4, 0.5) is 4.79 Å². The zero-order valence-corrected chi connectivity index (χ0v) is 10.7. The van der Waals surface area contributed by atoms with E-state index >= 15 is 0 Å². The number of rotatable bonds is 2. The molecule has 1 atom stereocenters. The molecule has 0 bridgehead atoms. The summed E-state index contributed by atoms with van der Waals surface area (Å²) in [6.45, 7) is 1.78. The van der Waals surface area contributed by atoms with Crippen LogP contribution < -0.4 is 10.6 Å². The van der Waals surface area contributed by atoms with Crippen molar-refractivity contribution < 1.29 is 9.59 Å². The molecular formula is C14H17N3O2. The third kappa shape index (κ3) is 2.10. The smallest absolute Gasteiger partial charge is 0.322 e. The van der Waals surface area contributed by atoms with Gasteiger partial charge in [-0.3, -0.25) is 9.69 Å². The number of amides is 3. The Morgan fingerprint density at radius 1 is 1.21 bits per heavy atom. The molecule has 2 aliphatic rings. The topological polar surface area (TPSA) is 61.4 Å². The Hall–Kier alpha value is -1.88. The van der Waals surface area contributed by atoms with Crippen LogP contribution in [0.2, 0.25) is 0 Å². The average Bonchev–Trinajstić information content (AvgIpc) is 2.66. The molecule has 1 aromatic rings. The second-order valence-corrected chi connectivity index (χ2v) is 5.17. The third-order valence-electron chi connectivity index (χ3n) is 3.81. The van der Waals surface area contributed by atoms with E-state index in [1.54, 1.807) is 0 Å². The number of nitrogens with zero attached hydrogens (tertiary/aromatic N) is 1. The number of imide groups is 1. The fourth-order valence-electron chi connectivity index (χ4n) is 2.78. The van der Waals surface area contributed by atoms with Crippen molar-refractivity contribution in [2.45, 2.75) is 24.9 Å². The molecule has 100 valence electrons. The summed E-state index contributed by atoms with van der Waals surface area (Å²) in [5.41, 5.74) is 0.247. The van der Waals surface area contributed by atoms with Crippen molar-refractivity contribution in [1.82, 2.24) is 15.5 Å². The SMILES string of the molecule is O=C1N[C@@]2(CCCNC2)C(=O)N1Cc1ccccc1. The van der Waals surface area contributed by atoms with Gasteiger partial charge in [0.25, 0.3) is 5.91 Å². The van der Waals surface area contributed by atoms with E-state index < -0.39 is 5.54 Å². The lowest BCUT2D eigenvalue weighted by Gasteiger charge is -2.31. The molecule has 5 nitrogen and oxygen atoms in total. The quantitative estimate of drug-likeness (QED) is 0.774. The fraction of sp³-hybridized carbons (Fsp3) is 0.429. The van der Waals surface area contributed by atoms with Gasteiger partial charge in [-0.15, -0.1) is 0 Å². The summed E-state index contributed by atoms with van der Waals surface area (Å²) in [6, 6.07) is 9.30. The van der Waals surface area contributed by atoms with Crippen molar-refractivity contribution >= 4 is 11.9 Å². The van der Waals surface area contributed by atoms with E-state index in [9.17, 15) is 9.59 Å². The lowest BCUT2D eigenvalue weighted by Crippen LogP contribution is -2.57. The Labute approximate surface area is 112 Å². The number of hydrogen-bond acceptors (Lipinski definition) is 3. The predicted octanol–water partition coefficient (Wildman–Crippen LogP) is 0.861. The first-order chi connectivity index (χ1) is 9.21. The summed E-state index contributed by atoms with van der Waals surface area (Å²) in [4.78, 5) is 25.9. The molecule has 2 aliphatic heterocycles.